The number of rotatable bonds is 11. The zero-order valence-corrected chi connectivity index (χ0v) is 19.7. The van der Waals surface area contributed by atoms with Gasteiger partial charge in [-0.1, -0.05) is 67.7 Å². The molecule has 2 amide bonds. The van der Waals surface area contributed by atoms with Gasteiger partial charge in [0, 0.05) is 34.8 Å². The predicted molar refractivity (Wildman–Crippen MR) is 126 cm³/mol. The Labute approximate surface area is 197 Å². The van der Waals surface area contributed by atoms with E-state index in [9.17, 15) is 19.7 Å². The van der Waals surface area contributed by atoms with E-state index < -0.39 is 16.9 Å². The quantitative estimate of drug-likeness (QED) is 0.273. The van der Waals surface area contributed by atoms with Crippen molar-refractivity contribution in [1.29, 1.82) is 0 Å². The third-order valence-corrected chi connectivity index (χ3v) is 5.69. The Bertz CT molecular complexity index is 968. The second kappa shape index (κ2) is 12.4. The lowest BCUT2D eigenvalue weighted by Gasteiger charge is -2.31. The molecule has 0 spiro atoms. The summed E-state index contributed by atoms with van der Waals surface area (Å²) >= 11 is 12.3. The minimum absolute atomic E-state index is 0.0785. The van der Waals surface area contributed by atoms with Crippen molar-refractivity contribution in [3.05, 3.63) is 73.8 Å². The zero-order chi connectivity index (χ0) is 23.7. The molecule has 0 aliphatic heterocycles. The number of hydrogen-bond acceptors (Lipinski definition) is 4. The zero-order valence-electron chi connectivity index (χ0n) is 18.1. The summed E-state index contributed by atoms with van der Waals surface area (Å²) in [7, 11) is 0. The number of carbonyl (C=O) groups excluding carboxylic acids is 2. The van der Waals surface area contributed by atoms with Crippen molar-refractivity contribution < 1.29 is 14.5 Å². The second-order valence-electron chi connectivity index (χ2n) is 7.39. The molecule has 0 aliphatic rings. The van der Waals surface area contributed by atoms with E-state index in [-0.39, 0.29) is 30.1 Å². The van der Waals surface area contributed by atoms with Gasteiger partial charge in [-0.15, -0.1) is 0 Å². The van der Waals surface area contributed by atoms with Crippen LogP contribution in [-0.4, -0.2) is 34.2 Å². The van der Waals surface area contributed by atoms with Crippen LogP contribution in [0, 0.1) is 10.1 Å². The number of nitro groups is 1. The summed E-state index contributed by atoms with van der Waals surface area (Å²) in [6.07, 6.45) is 1.93. The van der Waals surface area contributed by atoms with Gasteiger partial charge in [-0.25, -0.2) is 0 Å². The molecule has 172 valence electrons. The molecule has 1 N–H and O–H groups in total. The average molecular weight is 480 g/mol. The molecule has 2 aromatic carbocycles. The molecule has 0 heterocycles. The minimum atomic E-state index is -0.742. The number of amides is 2. The van der Waals surface area contributed by atoms with E-state index in [1.54, 1.807) is 36.4 Å². The number of nitrogens with one attached hydrogen (secondary N) is 1. The first-order chi connectivity index (χ1) is 15.3. The third-order valence-electron chi connectivity index (χ3n) is 5.10. The van der Waals surface area contributed by atoms with E-state index in [1.807, 2.05) is 13.8 Å². The Morgan fingerprint density at radius 3 is 2.47 bits per heavy atom. The molecule has 0 aliphatic carbocycles. The van der Waals surface area contributed by atoms with Gasteiger partial charge < -0.3 is 10.2 Å². The normalized spacial score (nSPS) is 11.6. The smallest absolute Gasteiger partial charge is 0.273 e. The van der Waals surface area contributed by atoms with Crippen molar-refractivity contribution in [2.24, 2.45) is 0 Å². The Balaban J connectivity index is 2.36. The van der Waals surface area contributed by atoms with Gasteiger partial charge in [-0.3, -0.25) is 19.7 Å². The summed E-state index contributed by atoms with van der Waals surface area (Å²) < 4.78 is 0. The lowest BCUT2D eigenvalue weighted by molar-refractivity contribution is -0.385. The summed E-state index contributed by atoms with van der Waals surface area (Å²) in [4.78, 5) is 38.5. The highest BCUT2D eigenvalue weighted by Gasteiger charge is 2.30. The molecule has 9 heteroatoms. The number of benzene rings is 2. The van der Waals surface area contributed by atoms with Crippen LogP contribution in [0.25, 0.3) is 0 Å². The molecule has 2 rings (SSSR count). The van der Waals surface area contributed by atoms with Crippen LogP contribution in [0.2, 0.25) is 10.0 Å². The molecule has 0 saturated heterocycles. The Hall–Kier alpha value is -2.64. The van der Waals surface area contributed by atoms with Crippen molar-refractivity contribution >= 4 is 40.7 Å². The van der Waals surface area contributed by atoms with Crippen molar-refractivity contribution in [2.75, 3.05) is 6.54 Å². The summed E-state index contributed by atoms with van der Waals surface area (Å²) in [6, 6.07) is 10.3. The monoisotopic (exact) mass is 479 g/mol. The molecule has 0 bridgehead atoms. The van der Waals surface area contributed by atoms with Gasteiger partial charge in [0.1, 0.15) is 6.04 Å². The van der Waals surface area contributed by atoms with E-state index in [0.29, 0.717) is 28.6 Å². The lowest BCUT2D eigenvalue weighted by atomic mass is 10.1. The van der Waals surface area contributed by atoms with Gasteiger partial charge in [0.05, 0.1) is 11.3 Å². The number of para-hydroxylation sites is 1. The maximum Gasteiger partial charge on any atom is 0.273 e. The third kappa shape index (κ3) is 6.93. The van der Waals surface area contributed by atoms with Crippen molar-refractivity contribution in [3.63, 3.8) is 0 Å². The first-order valence-electron chi connectivity index (χ1n) is 10.5. The fraction of sp³-hybridized carbons (Fsp3) is 0.391. The molecule has 1 atom stereocenters. The van der Waals surface area contributed by atoms with Crippen LogP contribution in [0.5, 0.6) is 0 Å². The highest BCUT2D eigenvalue weighted by molar-refractivity contribution is 6.35. The molecule has 0 fully saturated rings. The molecular weight excluding hydrogens is 453 g/mol. The molecule has 2 aromatic rings. The summed E-state index contributed by atoms with van der Waals surface area (Å²) in [5, 5.41) is 15.1. The van der Waals surface area contributed by atoms with E-state index in [2.05, 4.69) is 5.32 Å². The number of nitro benzene ring substituents is 1. The van der Waals surface area contributed by atoms with Crippen molar-refractivity contribution in [3.8, 4) is 0 Å². The van der Waals surface area contributed by atoms with Crippen LogP contribution in [0.1, 0.15) is 44.2 Å². The average Bonchev–Trinajstić information content (AvgIpc) is 2.75. The highest BCUT2D eigenvalue weighted by Crippen LogP contribution is 2.25. The molecule has 0 saturated carbocycles. The Morgan fingerprint density at radius 2 is 1.84 bits per heavy atom. The summed E-state index contributed by atoms with van der Waals surface area (Å²) in [6.45, 7) is 4.43. The lowest BCUT2D eigenvalue weighted by Crippen LogP contribution is -2.49. The van der Waals surface area contributed by atoms with Gasteiger partial charge in [-0.05, 0) is 30.5 Å². The molecule has 32 heavy (non-hydrogen) atoms. The van der Waals surface area contributed by atoms with Crippen LogP contribution in [0.15, 0.2) is 42.5 Å². The predicted octanol–water partition coefficient (Wildman–Crippen LogP) is 5.17. The van der Waals surface area contributed by atoms with Crippen LogP contribution >= 0.6 is 23.2 Å². The Kier molecular flexibility index (Phi) is 9.94. The molecule has 0 unspecified atom stereocenters. The van der Waals surface area contributed by atoms with Gasteiger partial charge >= 0.3 is 0 Å². The van der Waals surface area contributed by atoms with E-state index >= 15 is 0 Å². The van der Waals surface area contributed by atoms with Crippen LogP contribution in [0.4, 0.5) is 5.69 Å². The summed E-state index contributed by atoms with van der Waals surface area (Å²) in [5.74, 6) is -0.662. The number of halogens is 2. The van der Waals surface area contributed by atoms with E-state index in [0.717, 1.165) is 12.8 Å². The maximum atomic E-state index is 13.4. The Morgan fingerprint density at radius 1 is 1.12 bits per heavy atom. The number of carbonyl (C=O) groups is 2. The number of hydrogen-bond donors (Lipinski definition) is 1. The highest BCUT2D eigenvalue weighted by atomic mass is 35.5. The van der Waals surface area contributed by atoms with Gasteiger partial charge in [0.25, 0.3) is 5.69 Å². The van der Waals surface area contributed by atoms with Gasteiger partial charge in [-0.2, -0.15) is 0 Å². The van der Waals surface area contributed by atoms with Gasteiger partial charge in [0.2, 0.25) is 11.8 Å². The SMILES string of the molecule is CCCCNC(=O)[C@H](CC)N(Cc1ccc(Cl)cc1Cl)C(=O)Cc1ccccc1[N+](=O)[O-]. The number of unbranched alkanes of at least 4 members (excludes halogenated alkanes) is 1. The molecule has 0 radical (unpaired) electrons. The van der Waals surface area contributed by atoms with Crippen molar-refractivity contribution in [1.82, 2.24) is 10.2 Å². The standard InChI is InChI=1S/C23H27Cl2N3O4/c1-3-5-12-26-23(30)20(4-2)27(15-17-10-11-18(24)14-19(17)25)22(29)13-16-8-6-7-9-21(16)28(31)32/h6-11,14,20H,3-5,12-13,15H2,1-2H3,(H,26,30)/t20-/m0/s1. The van der Waals surface area contributed by atoms with Gasteiger partial charge in [0.15, 0.2) is 0 Å². The minimum Gasteiger partial charge on any atom is -0.354 e. The van der Waals surface area contributed by atoms with E-state index in [4.69, 9.17) is 23.2 Å². The first-order valence-corrected chi connectivity index (χ1v) is 11.3. The fourth-order valence-corrected chi connectivity index (χ4v) is 3.83. The second-order valence-corrected chi connectivity index (χ2v) is 8.23. The van der Waals surface area contributed by atoms with Crippen LogP contribution in [-0.2, 0) is 22.6 Å². The molecule has 7 nitrogen and oxygen atoms in total. The fourth-order valence-electron chi connectivity index (χ4n) is 3.36. The maximum absolute atomic E-state index is 13.4. The van der Waals surface area contributed by atoms with E-state index in [1.165, 1.54) is 11.0 Å². The molecular formula is C23H27Cl2N3O4. The molecule has 0 aromatic heterocycles. The van der Waals surface area contributed by atoms with Crippen molar-refractivity contribution in [2.45, 2.75) is 52.1 Å². The number of nitrogens with zero attached hydrogens (tertiary/aromatic N) is 2. The summed E-state index contributed by atoms with van der Waals surface area (Å²) in [5.41, 5.74) is 0.786. The van der Waals surface area contributed by atoms with Crippen LogP contribution < -0.4 is 5.32 Å². The van der Waals surface area contributed by atoms with Crippen LogP contribution in [0.3, 0.4) is 0 Å². The first kappa shape index (κ1) is 25.6. The topological polar surface area (TPSA) is 92.6 Å². The largest absolute Gasteiger partial charge is 0.354 e.